The van der Waals surface area contributed by atoms with Gasteiger partial charge in [0.25, 0.3) is 0 Å². The van der Waals surface area contributed by atoms with E-state index in [1.165, 1.54) is 12.1 Å². The summed E-state index contributed by atoms with van der Waals surface area (Å²) < 4.78 is 22.6. The van der Waals surface area contributed by atoms with E-state index in [0.29, 0.717) is 12.1 Å². The maximum Gasteiger partial charge on any atom is 0.238 e. The molecular weight excluding hydrogens is 278 g/mol. The number of sulfonamides is 1. The van der Waals surface area contributed by atoms with Crippen molar-refractivity contribution in [1.82, 2.24) is 0 Å². The van der Waals surface area contributed by atoms with Gasteiger partial charge in [0, 0.05) is 19.2 Å². The van der Waals surface area contributed by atoms with Crippen LogP contribution in [-0.4, -0.2) is 32.7 Å². The second kappa shape index (κ2) is 5.99. The number of anilines is 2. The Kier molecular flexibility index (Phi) is 4.52. The standard InChI is InChI=1S/C13H21N3O3S/c14-12-9-11(20(15,18)19)4-5-13(12)16-7-2-1-3-10(16)6-8-17/h4-5,9-10,17H,1-3,6-8,14H2,(H2,15,18,19). The predicted octanol–water partition coefficient (Wildman–Crippen LogP) is 0.657. The minimum atomic E-state index is -3.74. The van der Waals surface area contributed by atoms with Crippen molar-refractivity contribution in [3.05, 3.63) is 18.2 Å². The lowest BCUT2D eigenvalue weighted by Crippen LogP contribution is -2.40. The maximum atomic E-state index is 11.3. The highest BCUT2D eigenvalue weighted by atomic mass is 32.2. The van der Waals surface area contributed by atoms with Crippen LogP contribution in [0.1, 0.15) is 25.7 Å². The molecular formula is C13H21N3O3S. The number of piperidine rings is 1. The summed E-state index contributed by atoms with van der Waals surface area (Å²) in [6, 6.07) is 4.82. The molecule has 0 radical (unpaired) electrons. The zero-order valence-corrected chi connectivity index (χ0v) is 12.1. The molecule has 1 unspecified atom stereocenters. The predicted molar refractivity (Wildman–Crippen MR) is 78.9 cm³/mol. The average molecular weight is 299 g/mol. The largest absolute Gasteiger partial charge is 0.397 e. The summed E-state index contributed by atoms with van der Waals surface area (Å²) in [6.07, 6.45) is 3.90. The van der Waals surface area contributed by atoms with Crippen LogP contribution in [0.3, 0.4) is 0 Å². The Morgan fingerprint density at radius 1 is 1.35 bits per heavy atom. The fourth-order valence-corrected chi connectivity index (χ4v) is 3.29. The number of aliphatic hydroxyl groups excluding tert-OH is 1. The van der Waals surface area contributed by atoms with Crippen LogP contribution in [0.15, 0.2) is 23.1 Å². The molecule has 1 aliphatic rings. The molecule has 1 aliphatic heterocycles. The maximum absolute atomic E-state index is 11.3. The summed E-state index contributed by atoms with van der Waals surface area (Å²) >= 11 is 0. The smallest absolute Gasteiger partial charge is 0.238 e. The van der Waals surface area contributed by atoms with Crippen molar-refractivity contribution in [2.45, 2.75) is 36.6 Å². The Hall–Kier alpha value is -1.31. The van der Waals surface area contributed by atoms with Crippen molar-refractivity contribution >= 4 is 21.4 Å². The summed E-state index contributed by atoms with van der Waals surface area (Å²) in [7, 11) is -3.74. The summed E-state index contributed by atoms with van der Waals surface area (Å²) in [5.74, 6) is 0. The van der Waals surface area contributed by atoms with Crippen LogP contribution < -0.4 is 15.8 Å². The van der Waals surface area contributed by atoms with Gasteiger partial charge in [-0.05, 0) is 43.9 Å². The molecule has 7 heteroatoms. The number of rotatable bonds is 4. The molecule has 5 N–H and O–H groups in total. The number of hydrogen-bond donors (Lipinski definition) is 3. The minimum Gasteiger partial charge on any atom is -0.397 e. The molecule has 1 atom stereocenters. The second-order valence-corrected chi connectivity index (χ2v) is 6.68. The number of benzene rings is 1. The van der Waals surface area contributed by atoms with Gasteiger partial charge >= 0.3 is 0 Å². The summed E-state index contributed by atoms with van der Waals surface area (Å²) in [5.41, 5.74) is 7.20. The van der Waals surface area contributed by atoms with E-state index in [2.05, 4.69) is 4.90 Å². The molecule has 1 aromatic rings. The van der Waals surface area contributed by atoms with Gasteiger partial charge in [-0.15, -0.1) is 0 Å². The third kappa shape index (κ3) is 3.23. The SMILES string of the molecule is Nc1cc(S(N)(=O)=O)ccc1N1CCCCC1CCO. The zero-order valence-electron chi connectivity index (χ0n) is 11.3. The molecule has 1 heterocycles. The Balaban J connectivity index is 2.31. The monoisotopic (exact) mass is 299 g/mol. The highest BCUT2D eigenvalue weighted by Gasteiger charge is 2.24. The fourth-order valence-electron chi connectivity index (χ4n) is 2.74. The lowest BCUT2D eigenvalue weighted by Gasteiger charge is -2.38. The van der Waals surface area contributed by atoms with Crippen molar-refractivity contribution in [3.63, 3.8) is 0 Å². The molecule has 1 fully saturated rings. The first-order valence-corrected chi connectivity index (χ1v) is 8.28. The van der Waals surface area contributed by atoms with Gasteiger partial charge in [0.15, 0.2) is 0 Å². The van der Waals surface area contributed by atoms with Gasteiger partial charge in [0.05, 0.1) is 16.3 Å². The molecule has 0 amide bonds. The molecule has 0 saturated carbocycles. The van der Waals surface area contributed by atoms with Crippen LogP contribution in [0.2, 0.25) is 0 Å². The quantitative estimate of drug-likeness (QED) is 0.707. The van der Waals surface area contributed by atoms with E-state index < -0.39 is 10.0 Å². The molecule has 0 aliphatic carbocycles. The van der Waals surface area contributed by atoms with Crippen LogP contribution in [0, 0.1) is 0 Å². The van der Waals surface area contributed by atoms with Gasteiger partial charge in [-0.2, -0.15) is 0 Å². The Morgan fingerprint density at radius 2 is 2.10 bits per heavy atom. The van der Waals surface area contributed by atoms with Crippen molar-refractivity contribution in [2.75, 3.05) is 23.8 Å². The average Bonchev–Trinajstić information content (AvgIpc) is 2.39. The van der Waals surface area contributed by atoms with E-state index in [1.807, 2.05) is 0 Å². The summed E-state index contributed by atoms with van der Waals surface area (Å²) in [4.78, 5) is 2.18. The Morgan fingerprint density at radius 3 is 2.70 bits per heavy atom. The number of primary sulfonamides is 1. The van der Waals surface area contributed by atoms with Gasteiger partial charge < -0.3 is 15.7 Å². The van der Waals surface area contributed by atoms with Crippen LogP contribution in [-0.2, 0) is 10.0 Å². The molecule has 6 nitrogen and oxygen atoms in total. The third-order valence-electron chi connectivity index (χ3n) is 3.73. The van der Waals surface area contributed by atoms with Crippen LogP contribution in [0.4, 0.5) is 11.4 Å². The molecule has 2 rings (SSSR count). The molecule has 20 heavy (non-hydrogen) atoms. The lowest BCUT2D eigenvalue weighted by molar-refractivity contribution is 0.262. The normalized spacial score (nSPS) is 20.1. The number of hydrogen-bond acceptors (Lipinski definition) is 5. The first kappa shape index (κ1) is 15.1. The van der Waals surface area contributed by atoms with Crippen LogP contribution in [0.25, 0.3) is 0 Å². The van der Waals surface area contributed by atoms with Gasteiger partial charge in [-0.25, -0.2) is 13.6 Å². The molecule has 0 aromatic heterocycles. The first-order valence-electron chi connectivity index (χ1n) is 6.73. The highest BCUT2D eigenvalue weighted by Crippen LogP contribution is 2.32. The topological polar surface area (TPSA) is 110 Å². The fraction of sp³-hybridized carbons (Fsp3) is 0.538. The molecule has 1 saturated heterocycles. The number of aliphatic hydroxyl groups is 1. The van der Waals surface area contributed by atoms with E-state index in [0.717, 1.165) is 31.5 Å². The van der Waals surface area contributed by atoms with Crippen LogP contribution in [0.5, 0.6) is 0 Å². The number of nitrogens with two attached hydrogens (primary N) is 2. The summed E-state index contributed by atoms with van der Waals surface area (Å²) in [6.45, 7) is 1.000. The number of nitrogens with zero attached hydrogens (tertiary/aromatic N) is 1. The lowest BCUT2D eigenvalue weighted by atomic mass is 9.98. The molecule has 0 bridgehead atoms. The van der Waals surface area contributed by atoms with Gasteiger partial charge in [-0.3, -0.25) is 0 Å². The van der Waals surface area contributed by atoms with Gasteiger partial charge in [0.2, 0.25) is 10.0 Å². The third-order valence-corrected chi connectivity index (χ3v) is 4.64. The van der Waals surface area contributed by atoms with E-state index in [1.54, 1.807) is 6.07 Å². The Bertz CT molecular complexity index is 572. The van der Waals surface area contributed by atoms with E-state index in [9.17, 15) is 8.42 Å². The van der Waals surface area contributed by atoms with Crippen molar-refractivity contribution in [1.29, 1.82) is 0 Å². The zero-order chi connectivity index (χ0) is 14.8. The first-order chi connectivity index (χ1) is 9.43. The van der Waals surface area contributed by atoms with Crippen molar-refractivity contribution in [3.8, 4) is 0 Å². The second-order valence-electron chi connectivity index (χ2n) is 5.12. The number of nitrogen functional groups attached to an aromatic ring is 1. The molecule has 0 spiro atoms. The minimum absolute atomic E-state index is 0.0227. The van der Waals surface area contributed by atoms with E-state index in [-0.39, 0.29) is 17.5 Å². The van der Waals surface area contributed by atoms with Crippen molar-refractivity contribution in [2.24, 2.45) is 5.14 Å². The van der Waals surface area contributed by atoms with E-state index >= 15 is 0 Å². The van der Waals surface area contributed by atoms with Gasteiger partial charge in [0.1, 0.15) is 0 Å². The Labute approximate surface area is 119 Å². The van der Waals surface area contributed by atoms with Crippen molar-refractivity contribution < 1.29 is 13.5 Å². The van der Waals surface area contributed by atoms with Crippen LogP contribution >= 0.6 is 0 Å². The summed E-state index contributed by atoms with van der Waals surface area (Å²) in [5, 5.41) is 14.2. The highest BCUT2D eigenvalue weighted by molar-refractivity contribution is 7.89. The van der Waals surface area contributed by atoms with E-state index in [4.69, 9.17) is 16.0 Å². The van der Waals surface area contributed by atoms with Gasteiger partial charge in [-0.1, -0.05) is 0 Å². The molecule has 1 aromatic carbocycles. The molecule has 112 valence electrons.